The van der Waals surface area contributed by atoms with Gasteiger partial charge < -0.3 is 20.3 Å². The quantitative estimate of drug-likeness (QED) is 0.324. The summed E-state index contributed by atoms with van der Waals surface area (Å²) in [7, 11) is 1.85. The molecule has 0 amide bonds. The summed E-state index contributed by atoms with van der Waals surface area (Å²) in [6, 6.07) is 9.52. The summed E-state index contributed by atoms with van der Waals surface area (Å²) in [6.45, 7) is 11.0. The Morgan fingerprint density at radius 3 is 2.47 bits per heavy atom. The van der Waals surface area contributed by atoms with Crippen molar-refractivity contribution in [2.24, 2.45) is 4.99 Å². The van der Waals surface area contributed by atoms with E-state index in [0.29, 0.717) is 12.1 Å². The van der Waals surface area contributed by atoms with Crippen LogP contribution in [0.4, 0.5) is 0 Å². The first-order valence-corrected chi connectivity index (χ1v) is 11.2. The van der Waals surface area contributed by atoms with E-state index in [-0.39, 0.29) is 30.0 Å². The van der Waals surface area contributed by atoms with Crippen LogP contribution in [-0.2, 0) is 4.74 Å². The Balaban J connectivity index is 0.00000320. The number of ether oxygens (including phenoxy) is 1. The molecule has 30 heavy (non-hydrogen) atoms. The minimum Gasteiger partial charge on any atom is -0.379 e. The Labute approximate surface area is 203 Å². The van der Waals surface area contributed by atoms with Gasteiger partial charge in [0.15, 0.2) is 5.96 Å². The van der Waals surface area contributed by atoms with Crippen LogP contribution in [-0.4, -0.2) is 80.8 Å². The summed E-state index contributed by atoms with van der Waals surface area (Å²) < 4.78 is 5.55. The Kier molecular flexibility index (Phi) is 11.2. The van der Waals surface area contributed by atoms with Gasteiger partial charge in [-0.25, -0.2) is 0 Å². The maximum atomic E-state index is 6.28. The standard InChI is InChI=1S/C22H36ClN5O.HI/c1-17(2)27-9-7-20(8-10-27)26-22(24-3)25-16-21(28-11-13-29-14-12-28)18-5-4-6-19(23)15-18;/h4-6,15,17,20-21H,7-14,16H2,1-3H3,(H2,24,25,26);1H. The number of hydrogen-bond acceptors (Lipinski definition) is 4. The molecular formula is C22H37ClIN5O. The van der Waals surface area contributed by atoms with E-state index in [2.05, 4.69) is 51.4 Å². The number of piperidine rings is 1. The van der Waals surface area contributed by atoms with Crippen LogP contribution in [0.3, 0.4) is 0 Å². The number of likely N-dealkylation sites (tertiary alicyclic amines) is 1. The van der Waals surface area contributed by atoms with Crippen molar-refractivity contribution in [3.8, 4) is 0 Å². The fourth-order valence-corrected chi connectivity index (χ4v) is 4.40. The molecule has 1 atom stereocenters. The van der Waals surface area contributed by atoms with Crippen molar-refractivity contribution in [3.05, 3.63) is 34.9 Å². The van der Waals surface area contributed by atoms with E-state index in [1.54, 1.807) is 0 Å². The minimum absolute atomic E-state index is 0. The van der Waals surface area contributed by atoms with Crippen molar-refractivity contribution < 1.29 is 4.74 Å². The van der Waals surface area contributed by atoms with E-state index in [0.717, 1.165) is 69.8 Å². The van der Waals surface area contributed by atoms with E-state index < -0.39 is 0 Å². The number of hydrogen-bond donors (Lipinski definition) is 2. The van der Waals surface area contributed by atoms with Gasteiger partial charge in [-0.3, -0.25) is 9.89 Å². The molecule has 2 heterocycles. The molecule has 1 aromatic rings. The second-order valence-electron chi connectivity index (χ2n) is 8.22. The number of benzene rings is 1. The Morgan fingerprint density at radius 2 is 1.87 bits per heavy atom. The van der Waals surface area contributed by atoms with E-state index >= 15 is 0 Å². The molecular weight excluding hydrogens is 513 g/mol. The topological polar surface area (TPSA) is 52.1 Å². The fourth-order valence-electron chi connectivity index (χ4n) is 4.20. The molecule has 2 N–H and O–H groups in total. The third kappa shape index (κ3) is 7.51. The lowest BCUT2D eigenvalue weighted by Crippen LogP contribution is -2.51. The maximum Gasteiger partial charge on any atom is 0.191 e. The molecule has 3 rings (SSSR count). The molecule has 0 saturated carbocycles. The highest BCUT2D eigenvalue weighted by atomic mass is 127. The monoisotopic (exact) mass is 549 g/mol. The van der Waals surface area contributed by atoms with Crippen molar-refractivity contribution in [1.29, 1.82) is 0 Å². The fraction of sp³-hybridized carbons (Fsp3) is 0.682. The summed E-state index contributed by atoms with van der Waals surface area (Å²) in [4.78, 5) is 9.49. The number of guanidine groups is 1. The first-order valence-electron chi connectivity index (χ1n) is 10.9. The smallest absolute Gasteiger partial charge is 0.191 e. The molecule has 2 aliphatic rings. The largest absolute Gasteiger partial charge is 0.379 e. The average molecular weight is 550 g/mol. The highest BCUT2D eigenvalue weighted by molar-refractivity contribution is 14.0. The molecule has 0 bridgehead atoms. The van der Waals surface area contributed by atoms with Crippen LogP contribution < -0.4 is 10.6 Å². The number of nitrogens with zero attached hydrogens (tertiary/aromatic N) is 3. The van der Waals surface area contributed by atoms with Crippen LogP contribution in [0.25, 0.3) is 0 Å². The zero-order chi connectivity index (χ0) is 20.6. The van der Waals surface area contributed by atoms with Crippen molar-refractivity contribution in [1.82, 2.24) is 20.4 Å². The van der Waals surface area contributed by atoms with Gasteiger partial charge in [0.05, 0.1) is 19.3 Å². The normalized spacial score (nSPS) is 20.6. The van der Waals surface area contributed by atoms with Crippen molar-refractivity contribution in [2.75, 3.05) is 53.0 Å². The molecule has 0 aliphatic carbocycles. The molecule has 2 aliphatic heterocycles. The summed E-state index contributed by atoms with van der Waals surface area (Å²) in [6.07, 6.45) is 2.31. The van der Waals surface area contributed by atoms with Crippen molar-refractivity contribution >= 4 is 41.5 Å². The number of aliphatic imine (C=N–C) groups is 1. The summed E-state index contributed by atoms with van der Waals surface area (Å²) in [5.74, 6) is 0.883. The Morgan fingerprint density at radius 1 is 1.17 bits per heavy atom. The number of morpholine rings is 1. The minimum atomic E-state index is 0. The summed E-state index contributed by atoms with van der Waals surface area (Å²) in [5, 5.41) is 7.97. The van der Waals surface area contributed by atoms with E-state index in [1.165, 1.54) is 5.56 Å². The molecule has 6 nitrogen and oxygen atoms in total. The van der Waals surface area contributed by atoms with Gasteiger partial charge in [-0.15, -0.1) is 24.0 Å². The highest BCUT2D eigenvalue weighted by Crippen LogP contribution is 2.24. The molecule has 0 radical (unpaired) electrons. The number of rotatable bonds is 6. The van der Waals surface area contributed by atoms with Gasteiger partial charge >= 0.3 is 0 Å². The predicted molar refractivity (Wildman–Crippen MR) is 136 cm³/mol. The zero-order valence-electron chi connectivity index (χ0n) is 18.4. The van der Waals surface area contributed by atoms with Gasteiger partial charge in [0.25, 0.3) is 0 Å². The molecule has 1 aromatic carbocycles. The van der Waals surface area contributed by atoms with Crippen LogP contribution in [0.2, 0.25) is 5.02 Å². The van der Waals surface area contributed by atoms with Crippen molar-refractivity contribution in [3.63, 3.8) is 0 Å². The van der Waals surface area contributed by atoms with E-state index in [4.69, 9.17) is 16.3 Å². The zero-order valence-corrected chi connectivity index (χ0v) is 21.5. The lowest BCUT2D eigenvalue weighted by molar-refractivity contribution is 0.0170. The average Bonchev–Trinajstić information content (AvgIpc) is 2.74. The van der Waals surface area contributed by atoms with E-state index in [9.17, 15) is 0 Å². The first-order chi connectivity index (χ1) is 14.1. The maximum absolute atomic E-state index is 6.28. The molecule has 2 saturated heterocycles. The molecule has 2 fully saturated rings. The summed E-state index contributed by atoms with van der Waals surface area (Å²) in [5.41, 5.74) is 1.23. The SMILES string of the molecule is CN=C(NCC(c1cccc(Cl)c1)N1CCOCC1)NC1CCN(C(C)C)CC1.I. The second kappa shape index (κ2) is 13.1. The Hall–Kier alpha value is -0.610. The molecule has 0 spiro atoms. The van der Waals surface area contributed by atoms with Gasteiger partial charge in [0.2, 0.25) is 0 Å². The molecule has 170 valence electrons. The van der Waals surface area contributed by atoms with Gasteiger partial charge in [0, 0.05) is 56.9 Å². The molecule has 1 unspecified atom stereocenters. The lowest BCUT2D eigenvalue weighted by Gasteiger charge is -2.37. The lowest BCUT2D eigenvalue weighted by atomic mass is 10.0. The highest BCUT2D eigenvalue weighted by Gasteiger charge is 2.25. The van der Waals surface area contributed by atoms with Gasteiger partial charge in [-0.05, 0) is 44.4 Å². The first kappa shape index (κ1) is 25.6. The van der Waals surface area contributed by atoms with Crippen LogP contribution >= 0.6 is 35.6 Å². The van der Waals surface area contributed by atoms with Gasteiger partial charge in [0.1, 0.15) is 0 Å². The number of halogens is 2. The molecule has 8 heteroatoms. The van der Waals surface area contributed by atoms with Gasteiger partial charge in [-0.2, -0.15) is 0 Å². The van der Waals surface area contributed by atoms with Crippen LogP contribution in [0.5, 0.6) is 0 Å². The van der Waals surface area contributed by atoms with Crippen LogP contribution in [0.1, 0.15) is 38.3 Å². The van der Waals surface area contributed by atoms with Crippen LogP contribution in [0.15, 0.2) is 29.3 Å². The second-order valence-corrected chi connectivity index (χ2v) is 8.66. The summed E-state index contributed by atoms with van der Waals surface area (Å²) >= 11 is 6.28. The molecule has 0 aromatic heterocycles. The van der Waals surface area contributed by atoms with Crippen LogP contribution in [0, 0.1) is 0 Å². The third-order valence-corrected chi connectivity index (χ3v) is 6.24. The third-order valence-electron chi connectivity index (χ3n) is 6.01. The number of nitrogens with one attached hydrogen (secondary N) is 2. The van der Waals surface area contributed by atoms with E-state index in [1.807, 2.05) is 19.2 Å². The van der Waals surface area contributed by atoms with Gasteiger partial charge in [-0.1, -0.05) is 23.7 Å². The Bertz CT molecular complexity index is 661. The van der Waals surface area contributed by atoms with Crippen molar-refractivity contribution in [2.45, 2.75) is 44.8 Å². The predicted octanol–water partition coefficient (Wildman–Crippen LogP) is 3.37.